The van der Waals surface area contributed by atoms with Crippen molar-refractivity contribution in [1.82, 2.24) is 15.0 Å². The van der Waals surface area contributed by atoms with Crippen molar-refractivity contribution in [2.45, 2.75) is 39.2 Å². The highest BCUT2D eigenvalue weighted by Crippen LogP contribution is 2.21. The molecular weight excluding hydrogens is 270 g/mol. The van der Waals surface area contributed by atoms with Crippen LogP contribution < -0.4 is 0 Å². The second kappa shape index (κ2) is 5.27. The van der Waals surface area contributed by atoms with E-state index < -0.39 is 0 Å². The molecule has 2 heterocycles. The van der Waals surface area contributed by atoms with Gasteiger partial charge in [0.1, 0.15) is 0 Å². The fourth-order valence-electron chi connectivity index (χ4n) is 2.31. The third-order valence-corrected chi connectivity index (χ3v) is 3.52. The van der Waals surface area contributed by atoms with Gasteiger partial charge in [-0.2, -0.15) is 4.98 Å². The van der Waals surface area contributed by atoms with E-state index in [1.165, 1.54) is 19.4 Å². The van der Waals surface area contributed by atoms with Crippen LogP contribution in [0.2, 0.25) is 0 Å². The van der Waals surface area contributed by atoms with Crippen molar-refractivity contribution in [2.24, 2.45) is 5.92 Å². The highest BCUT2D eigenvalue weighted by molar-refractivity contribution is 9.10. The molecule has 0 amide bonds. The molecule has 90 valence electrons. The molecule has 1 aliphatic heterocycles. The van der Waals surface area contributed by atoms with Crippen LogP contribution in [-0.4, -0.2) is 34.2 Å². The van der Waals surface area contributed by atoms with E-state index in [4.69, 9.17) is 4.52 Å². The Morgan fingerprint density at radius 3 is 3.00 bits per heavy atom. The van der Waals surface area contributed by atoms with E-state index >= 15 is 0 Å². The first-order valence-electron chi connectivity index (χ1n) is 5.87. The molecule has 2 rings (SSSR count). The fourth-order valence-corrected chi connectivity index (χ4v) is 2.58. The number of hydrogen-bond donors (Lipinski definition) is 0. The van der Waals surface area contributed by atoms with Crippen LogP contribution in [0.3, 0.4) is 0 Å². The Morgan fingerprint density at radius 1 is 1.56 bits per heavy atom. The maximum absolute atomic E-state index is 4.92. The summed E-state index contributed by atoms with van der Waals surface area (Å²) < 4.78 is 4.92. The average molecular weight is 288 g/mol. The summed E-state index contributed by atoms with van der Waals surface area (Å²) in [5, 5.41) is 3.93. The van der Waals surface area contributed by atoms with Gasteiger partial charge >= 0.3 is 0 Å². The maximum Gasteiger partial charge on any atom is 0.293 e. The minimum Gasteiger partial charge on any atom is -0.327 e. The third kappa shape index (κ3) is 3.04. The minimum absolute atomic E-state index is 0.485. The predicted molar refractivity (Wildman–Crippen MR) is 65.1 cm³/mol. The van der Waals surface area contributed by atoms with E-state index in [2.05, 4.69) is 44.8 Å². The number of likely N-dealkylation sites (tertiary alicyclic amines) is 1. The van der Waals surface area contributed by atoms with Crippen LogP contribution in [0.5, 0.6) is 0 Å². The van der Waals surface area contributed by atoms with E-state index in [-0.39, 0.29) is 0 Å². The van der Waals surface area contributed by atoms with Gasteiger partial charge in [-0.05, 0) is 39.2 Å². The smallest absolute Gasteiger partial charge is 0.293 e. The molecule has 1 fully saturated rings. The zero-order chi connectivity index (χ0) is 11.5. The lowest BCUT2D eigenvalue weighted by Crippen LogP contribution is -2.40. The summed E-state index contributed by atoms with van der Waals surface area (Å²) >= 11 is 3.18. The van der Waals surface area contributed by atoms with Crippen molar-refractivity contribution in [3.63, 3.8) is 0 Å². The largest absolute Gasteiger partial charge is 0.327 e. The monoisotopic (exact) mass is 287 g/mol. The van der Waals surface area contributed by atoms with Gasteiger partial charge in [0.2, 0.25) is 0 Å². The van der Waals surface area contributed by atoms with E-state index in [1.807, 2.05) is 0 Å². The van der Waals surface area contributed by atoms with Crippen LogP contribution in [0, 0.1) is 5.92 Å². The number of halogens is 1. The first-order valence-corrected chi connectivity index (χ1v) is 6.66. The van der Waals surface area contributed by atoms with Gasteiger partial charge in [-0.1, -0.05) is 5.16 Å². The lowest BCUT2D eigenvalue weighted by atomic mass is 9.94. The second-order valence-corrected chi connectivity index (χ2v) is 5.44. The quantitative estimate of drug-likeness (QED) is 0.857. The lowest BCUT2D eigenvalue weighted by Gasteiger charge is -2.35. The summed E-state index contributed by atoms with van der Waals surface area (Å²) in [6.45, 7) is 6.90. The van der Waals surface area contributed by atoms with E-state index in [0.29, 0.717) is 16.8 Å². The van der Waals surface area contributed by atoms with Gasteiger partial charge in [-0.15, -0.1) is 0 Å². The topological polar surface area (TPSA) is 42.2 Å². The zero-order valence-corrected chi connectivity index (χ0v) is 11.4. The molecule has 1 atom stereocenters. The molecule has 0 saturated carbocycles. The standard InChI is InChI=1S/C11H18BrN3O/c1-8(2)15-5-3-4-9(7-15)6-10-13-11(12)16-14-10/h8-9H,3-7H2,1-2H3. The Hall–Kier alpha value is -0.420. The SMILES string of the molecule is CC(C)N1CCCC(Cc2noc(Br)n2)C1. The molecule has 0 spiro atoms. The molecule has 0 bridgehead atoms. The molecular formula is C11H18BrN3O. The van der Waals surface area contributed by atoms with Crippen LogP contribution >= 0.6 is 15.9 Å². The summed E-state index contributed by atoms with van der Waals surface area (Å²) in [5.41, 5.74) is 0. The van der Waals surface area contributed by atoms with Gasteiger partial charge in [0, 0.05) is 34.9 Å². The Morgan fingerprint density at radius 2 is 2.38 bits per heavy atom. The van der Waals surface area contributed by atoms with Crippen LogP contribution in [-0.2, 0) is 6.42 Å². The summed E-state index contributed by atoms with van der Waals surface area (Å²) in [6, 6.07) is 0.639. The fraction of sp³-hybridized carbons (Fsp3) is 0.818. The molecule has 4 nitrogen and oxygen atoms in total. The first kappa shape index (κ1) is 12.0. The molecule has 0 aromatic carbocycles. The van der Waals surface area contributed by atoms with E-state index in [1.54, 1.807) is 0 Å². The van der Waals surface area contributed by atoms with Crippen LogP contribution in [0.25, 0.3) is 0 Å². The van der Waals surface area contributed by atoms with Gasteiger partial charge in [0.25, 0.3) is 4.80 Å². The second-order valence-electron chi connectivity index (χ2n) is 4.76. The summed E-state index contributed by atoms with van der Waals surface area (Å²) in [4.78, 5) is 7.21. The predicted octanol–water partition coefficient (Wildman–Crippen LogP) is 2.50. The van der Waals surface area contributed by atoms with Crippen molar-refractivity contribution >= 4 is 15.9 Å². The Bertz CT molecular complexity index is 340. The minimum atomic E-state index is 0.485. The van der Waals surface area contributed by atoms with Gasteiger partial charge in [0.05, 0.1) is 0 Å². The number of piperidine rings is 1. The van der Waals surface area contributed by atoms with Crippen molar-refractivity contribution < 1.29 is 4.52 Å². The van der Waals surface area contributed by atoms with Gasteiger partial charge in [0.15, 0.2) is 5.82 Å². The molecule has 0 radical (unpaired) electrons. The molecule has 5 heteroatoms. The third-order valence-electron chi connectivity index (χ3n) is 3.20. The average Bonchev–Trinajstić information content (AvgIpc) is 2.64. The molecule has 1 aliphatic rings. The van der Waals surface area contributed by atoms with Gasteiger partial charge in [-0.3, -0.25) is 0 Å². The summed E-state index contributed by atoms with van der Waals surface area (Å²) in [5.74, 6) is 1.49. The van der Waals surface area contributed by atoms with Crippen LogP contribution in [0.15, 0.2) is 9.32 Å². The highest BCUT2D eigenvalue weighted by atomic mass is 79.9. The molecule has 1 aromatic rings. The lowest BCUT2D eigenvalue weighted by molar-refractivity contribution is 0.138. The van der Waals surface area contributed by atoms with Gasteiger partial charge in [-0.25, -0.2) is 0 Å². The number of nitrogens with zero attached hydrogens (tertiary/aromatic N) is 3. The van der Waals surface area contributed by atoms with Crippen LogP contribution in [0.1, 0.15) is 32.5 Å². The molecule has 1 unspecified atom stereocenters. The number of rotatable bonds is 3. The molecule has 0 aliphatic carbocycles. The first-order chi connectivity index (χ1) is 7.65. The molecule has 1 saturated heterocycles. The summed E-state index contributed by atoms with van der Waals surface area (Å²) in [7, 11) is 0. The van der Waals surface area contributed by atoms with Crippen molar-refractivity contribution in [1.29, 1.82) is 0 Å². The number of aromatic nitrogens is 2. The van der Waals surface area contributed by atoms with Crippen molar-refractivity contribution in [3.05, 3.63) is 10.6 Å². The Balaban J connectivity index is 1.90. The van der Waals surface area contributed by atoms with Crippen molar-refractivity contribution in [3.8, 4) is 0 Å². The molecule has 1 aromatic heterocycles. The highest BCUT2D eigenvalue weighted by Gasteiger charge is 2.23. The Labute approximate surface area is 105 Å². The van der Waals surface area contributed by atoms with E-state index in [0.717, 1.165) is 18.8 Å². The van der Waals surface area contributed by atoms with Crippen LogP contribution in [0.4, 0.5) is 0 Å². The summed E-state index contributed by atoms with van der Waals surface area (Å²) in [6.07, 6.45) is 3.48. The maximum atomic E-state index is 4.92. The van der Waals surface area contributed by atoms with Crippen molar-refractivity contribution in [2.75, 3.05) is 13.1 Å². The Kier molecular flexibility index (Phi) is 3.97. The zero-order valence-electron chi connectivity index (χ0n) is 9.82. The normalized spacial score (nSPS) is 22.9. The van der Waals surface area contributed by atoms with Gasteiger partial charge < -0.3 is 9.42 Å². The molecule has 16 heavy (non-hydrogen) atoms. The number of hydrogen-bond acceptors (Lipinski definition) is 4. The molecule has 0 N–H and O–H groups in total. The van der Waals surface area contributed by atoms with E-state index in [9.17, 15) is 0 Å².